The van der Waals surface area contributed by atoms with Gasteiger partial charge < -0.3 is 14.5 Å². The summed E-state index contributed by atoms with van der Waals surface area (Å²) < 4.78 is 5.43. The van der Waals surface area contributed by atoms with Gasteiger partial charge in [0.1, 0.15) is 5.38 Å². The third-order valence-electron chi connectivity index (χ3n) is 5.48. The first-order valence-electron chi connectivity index (χ1n) is 9.13. The van der Waals surface area contributed by atoms with Gasteiger partial charge in [-0.3, -0.25) is 14.5 Å². The highest BCUT2D eigenvalue weighted by atomic mass is 35.5. The molecule has 0 aromatic heterocycles. The SMILES string of the molecule is CC(Cl)C(=O)N1CCN(C2CCCN(C3CCOCC3)C2=O)CC1. The van der Waals surface area contributed by atoms with Crippen molar-refractivity contribution in [1.29, 1.82) is 0 Å². The van der Waals surface area contributed by atoms with Gasteiger partial charge in [0.15, 0.2) is 0 Å². The van der Waals surface area contributed by atoms with E-state index in [4.69, 9.17) is 16.3 Å². The molecular formula is C17H28ClN3O3. The van der Waals surface area contributed by atoms with Crippen LogP contribution in [0, 0.1) is 0 Å². The van der Waals surface area contributed by atoms with Gasteiger partial charge in [-0.25, -0.2) is 0 Å². The summed E-state index contributed by atoms with van der Waals surface area (Å²) in [4.78, 5) is 31.2. The van der Waals surface area contributed by atoms with Crippen LogP contribution in [-0.4, -0.2) is 89.9 Å². The van der Waals surface area contributed by atoms with E-state index in [2.05, 4.69) is 9.80 Å². The van der Waals surface area contributed by atoms with Gasteiger partial charge in [-0.05, 0) is 32.6 Å². The molecule has 0 saturated carbocycles. The maximum absolute atomic E-state index is 13.0. The number of ether oxygens (including phenoxy) is 1. The molecule has 3 rings (SSSR count). The van der Waals surface area contributed by atoms with Crippen LogP contribution >= 0.6 is 11.6 Å². The highest BCUT2D eigenvalue weighted by Crippen LogP contribution is 2.24. The van der Waals surface area contributed by atoms with Gasteiger partial charge in [-0.15, -0.1) is 11.6 Å². The molecule has 3 saturated heterocycles. The fourth-order valence-corrected chi connectivity index (χ4v) is 4.22. The molecule has 136 valence electrons. The minimum absolute atomic E-state index is 0.00452. The second-order valence-electron chi connectivity index (χ2n) is 7.01. The Labute approximate surface area is 149 Å². The first-order chi connectivity index (χ1) is 11.6. The molecule has 0 spiro atoms. The van der Waals surface area contributed by atoms with Crippen molar-refractivity contribution in [3.63, 3.8) is 0 Å². The Balaban J connectivity index is 1.57. The Morgan fingerprint density at radius 1 is 1.12 bits per heavy atom. The average molecular weight is 358 g/mol. The average Bonchev–Trinajstić information content (AvgIpc) is 2.62. The number of hydrogen-bond acceptors (Lipinski definition) is 4. The number of hydrogen-bond donors (Lipinski definition) is 0. The largest absolute Gasteiger partial charge is 0.381 e. The lowest BCUT2D eigenvalue weighted by molar-refractivity contribution is -0.146. The topological polar surface area (TPSA) is 53.1 Å². The van der Waals surface area contributed by atoms with Crippen molar-refractivity contribution >= 4 is 23.4 Å². The van der Waals surface area contributed by atoms with E-state index in [1.54, 1.807) is 6.92 Å². The number of likely N-dealkylation sites (tertiary alicyclic amines) is 1. The van der Waals surface area contributed by atoms with Gasteiger partial charge in [-0.2, -0.15) is 0 Å². The summed E-state index contributed by atoms with van der Waals surface area (Å²) in [6.07, 6.45) is 3.90. The van der Waals surface area contributed by atoms with Crippen LogP contribution in [0.2, 0.25) is 0 Å². The minimum Gasteiger partial charge on any atom is -0.381 e. The maximum Gasteiger partial charge on any atom is 0.240 e. The Bertz CT molecular complexity index is 460. The summed E-state index contributed by atoms with van der Waals surface area (Å²) >= 11 is 5.90. The third kappa shape index (κ3) is 3.86. The van der Waals surface area contributed by atoms with Gasteiger partial charge in [-0.1, -0.05) is 0 Å². The van der Waals surface area contributed by atoms with E-state index in [1.807, 2.05) is 4.90 Å². The summed E-state index contributed by atoms with van der Waals surface area (Å²) in [5.74, 6) is 0.272. The van der Waals surface area contributed by atoms with E-state index in [0.29, 0.717) is 19.1 Å². The number of carbonyl (C=O) groups is 2. The third-order valence-corrected chi connectivity index (χ3v) is 5.67. The molecule has 2 amide bonds. The Morgan fingerprint density at radius 3 is 2.42 bits per heavy atom. The second kappa shape index (κ2) is 8.02. The van der Waals surface area contributed by atoms with Crippen molar-refractivity contribution < 1.29 is 14.3 Å². The van der Waals surface area contributed by atoms with Crippen molar-refractivity contribution in [3.8, 4) is 0 Å². The zero-order valence-electron chi connectivity index (χ0n) is 14.5. The summed E-state index contributed by atoms with van der Waals surface area (Å²) in [7, 11) is 0. The van der Waals surface area contributed by atoms with Gasteiger partial charge in [0.05, 0.1) is 6.04 Å². The van der Waals surface area contributed by atoms with E-state index in [0.717, 1.165) is 58.5 Å². The molecule has 0 aliphatic carbocycles. The second-order valence-corrected chi connectivity index (χ2v) is 7.67. The molecular weight excluding hydrogens is 330 g/mol. The molecule has 24 heavy (non-hydrogen) atoms. The van der Waals surface area contributed by atoms with E-state index in [-0.39, 0.29) is 17.9 Å². The monoisotopic (exact) mass is 357 g/mol. The first-order valence-corrected chi connectivity index (χ1v) is 9.56. The van der Waals surface area contributed by atoms with Crippen molar-refractivity contribution in [2.45, 2.75) is 50.1 Å². The quantitative estimate of drug-likeness (QED) is 0.705. The number of piperazine rings is 1. The zero-order valence-corrected chi connectivity index (χ0v) is 15.2. The number of amides is 2. The van der Waals surface area contributed by atoms with Crippen LogP contribution in [0.5, 0.6) is 0 Å². The molecule has 3 aliphatic heterocycles. The van der Waals surface area contributed by atoms with E-state index in [1.165, 1.54) is 0 Å². The number of rotatable bonds is 3. The Morgan fingerprint density at radius 2 is 1.79 bits per heavy atom. The van der Waals surface area contributed by atoms with Crippen molar-refractivity contribution in [2.24, 2.45) is 0 Å². The molecule has 0 radical (unpaired) electrons. The predicted molar refractivity (Wildman–Crippen MR) is 92.0 cm³/mol. The van der Waals surface area contributed by atoms with Crippen molar-refractivity contribution in [1.82, 2.24) is 14.7 Å². The van der Waals surface area contributed by atoms with Crippen LogP contribution in [0.25, 0.3) is 0 Å². The molecule has 3 fully saturated rings. The van der Waals surface area contributed by atoms with E-state index in [9.17, 15) is 9.59 Å². The molecule has 0 aromatic rings. The van der Waals surface area contributed by atoms with Crippen LogP contribution in [-0.2, 0) is 14.3 Å². The summed E-state index contributed by atoms with van der Waals surface area (Å²) in [6, 6.07) is 0.321. The lowest BCUT2D eigenvalue weighted by Gasteiger charge is -2.45. The smallest absolute Gasteiger partial charge is 0.240 e. The summed E-state index contributed by atoms with van der Waals surface area (Å²) in [5, 5.41) is -0.475. The van der Waals surface area contributed by atoms with Crippen molar-refractivity contribution in [3.05, 3.63) is 0 Å². The number of alkyl halides is 1. The van der Waals surface area contributed by atoms with E-state index < -0.39 is 5.38 Å². The lowest BCUT2D eigenvalue weighted by Crippen LogP contribution is -2.60. The fourth-order valence-electron chi connectivity index (χ4n) is 4.08. The number of piperidine rings is 1. The molecule has 6 nitrogen and oxygen atoms in total. The number of nitrogens with zero attached hydrogens (tertiary/aromatic N) is 3. The van der Waals surface area contributed by atoms with Gasteiger partial charge in [0, 0.05) is 52.0 Å². The minimum atomic E-state index is -0.475. The molecule has 3 aliphatic rings. The molecule has 2 atom stereocenters. The van der Waals surface area contributed by atoms with Crippen LogP contribution in [0.1, 0.15) is 32.6 Å². The van der Waals surface area contributed by atoms with Crippen LogP contribution in [0.4, 0.5) is 0 Å². The maximum atomic E-state index is 13.0. The summed E-state index contributed by atoms with van der Waals surface area (Å²) in [5.41, 5.74) is 0. The lowest BCUT2D eigenvalue weighted by atomic mass is 9.97. The number of halogens is 1. The van der Waals surface area contributed by atoms with Gasteiger partial charge in [0.25, 0.3) is 0 Å². The summed E-state index contributed by atoms with van der Waals surface area (Å²) in [6.45, 7) is 6.95. The fraction of sp³-hybridized carbons (Fsp3) is 0.882. The Kier molecular flexibility index (Phi) is 6.00. The van der Waals surface area contributed by atoms with Crippen LogP contribution < -0.4 is 0 Å². The normalized spacial score (nSPS) is 28.9. The standard InChI is InChI=1S/C17H28ClN3O3/c1-13(18)16(22)20-9-7-19(8-10-20)15-3-2-6-21(17(15)23)14-4-11-24-12-5-14/h13-15H,2-12H2,1H3. The molecule has 2 unspecified atom stereocenters. The molecule has 0 bridgehead atoms. The number of carbonyl (C=O) groups excluding carboxylic acids is 2. The molecule has 0 N–H and O–H groups in total. The first kappa shape index (κ1) is 18.0. The highest BCUT2D eigenvalue weighted by molar-refractivity contribution is 6.30. The van der Waals surface area contributed by atoms with Crippen molar-refractivity contribution in [2.75, 3.05) is 45.9 Å². The van der Waals surface area contributed by atoms with E-state index >= 15 is 0 Å². The zero-order chi connectivity index (χ0) is 17.1. The molecule has 3 heterocycles. The van der Waals surface area contributed by atoms with Gasteiger partial charge >= 0.3 is 0 Å². The molecule has 7 heteroatoms. The molecule has 0 aromatic carbocycles. The highest BCUT2D eigenvalue weighted by Gasteiger charge is 2.38. The Hall–Kier alpha value is -0.850. The van der Waals surface area contributed by atoms with Gasteiger partial charge in [0.2, 0.25) is 11.8 Å². The van der Waals surface area contributed by atoms with Crippen LogP contribution in [0.15, 0.2) is 0 Å². The predicted octanol–water partition coefficient (Wildman–Crippen LogP) is 0.928. The van der Waals surface area contributed by atoms with Crippen LogP contribution in [0.3, 0.4) is 0 Å².